The van der Waals surface area contributed by atoms with E-state index in [1.807, 2.05) is 66.7 Å². The SMILES string of the molecule is CN(C)C(=O)C1=C[C@H](c2ccccc2)[C@@H](C(=O)c2ccccc2)C1. The highest BCUT2D eigenvalue weighted by Crippen LogP contribution is 2.40. The first-order valence-corrected chi connectivity index (χ1v) is 8.14. The lowest BCUT2D eigenvalue weighted by Gasteiger charge is -2.19. The van der Waals surface area contributed by atoms with E-state index in [1.54, 1.807) is 19.0 Å². The summed E-state index contributed by atoms with van der Waals surface area (Å²) in [5, 5.41) is 0. The Balaban J connectivity index is 1.96. The van der Waals surface area contributed by atoms with E-state index < -0.39 is 0 Å². The molecule has 0 N–H and O–H groups in total. The molecule has 0 spiro atoms. The summed E-state index contributed by atoms with van der Waals surface area (Å²) in [5.74, 6) is -0.201. The highest BCUT2D eigenvalue weighted by molar-refractivity contribution is 6.02. The van der Waals surface area contributed by atoms with Crippen LogP contribution in [0.5, 0.6) is 0 Å². The molecule has 0 heterocycles. The van der Waals surface area contributed by atoms with Crippen molar-refractivity contribution in [3.63, 3.8) is 0 Å². The molecule has 1 aliphatic rings. The minimum Gasteiger partial charge on any atom is -0.345 e. The molecular weight excluding hydrogens is 298 g/mol. The summed E-state index contributed by atoms with van der Waals surface area (Å²) < 4.78 is 0. The summed E-state index contributed by atoms with van der Waals surface area (Å²) in [6.07, 6.45) is 2.47. The maximum Gasteiger partial charge on any atom is 0.248 e. The van der Waals surface area contributed by atoms with Crippen molar-refractivity contribution >= 4 is 11.7 Å². The lowest BCUT2D eigenvalue weighted by molar-refractivity contribution is -0.124. The maximum atomic E-state index is 13.0. The molecule has 1 amide bonds. The molecule has 2 aromatic carbocycles. The Labute approximate surface area is 142 Å². The molecule has 0 saturated heterocycles. The van der Waals surface area contributed by atoms with Gasteiger partial charge in [0.15, 0.2) is 5.78 Å². The third-order valence-electron chi connectivity index (χ3n) is 4.51. The molecule has 122 valence electrons. The number of ketones is 1. The highest BCUT2D eigenvalue weighted by Gasteiger charge is 2.36. The lowest BCUT2D eigenvalue weighted by atomic mass is 9.83. The lowest BCUT2D eigenvalue weighted by Crippen LogP contribution is -2.24. The zero-order chi connectivity index (χ0) is 17.1. The molecule has 0 fully saturated rings. The minimum absolute atomic E-state index is 0.0145. The Morgan fingerprint density at radius 2 is 1.50 bits per heavy atom. The van der Waals surface area contributed by atoms with Crippen molar-refractivity contribution in [3.05, 3.63) is 83.4 Å². The Morgan fingerprint density at radius 1 is 0.917 bits per heavy atom. The monoisotopic (exact) mass is 319 g/mol. The van der Waals surface area contributed by atoms with Gasteiger partial charge in [0.05, 0.1) is 0 Å². The van der Waals surface area contributed by atoms with E-state index in [-0.39, 0.29) is 23.5 Å². The number of carbonyl (C=O) groups is 2. The topological polar surface area (TPSA) is 37.4 Å². The Kier molecular flexibility index (Phi) is 4.61. The second kappa shape index (κ2) is 6.83. The van der Waals surface area contributed by atoms with Crippen LogP contribution in [-0.2, 0) is 4.79 Å². The predicted octanol–water partition coefficient (Wildman–Crippen LogP) is 3.69. The average molecular weight is 319 g/mol. The summed E-state index contributed by atoms with van der Waals surface area (Å²) in [4.78, 5) is 27.0. The van der Waals surface area contributed by atoms with Crippen LogP contribution >= 0.6 is 0 Å². The molecule has 3 heteroatoms. The summed E-state index contributed by atoms with van der Waals surface area (Å²) in [5.41, 5.74) is 2.51. The van der Waals surface area contributed by atoms with Crippen molar-refractivity contribution in [1.29, 1.82) is 0 Å². The fourth-order valence-corrected chi connectivity index (χ4v) is 3.29. The molecule has 0 radical (unpaired) electrons. The van der Waals surface area contributed by atoms with E-state index in [9.17, 15) is 9.59 Å². The van der Waals surface area contributed by atoms with Crippen LogP contribution in [0.1, 0.15) is 28.3 Å². The average Bonchev–Trinajstić information content (AvgIpc) is 3.07. The van der Waals surface area contributed by atoms with Gasteiger partial charge in [-0.1, -0.05) is 66.7 Å². The van der Waals surface area contributed by atoms with Gasteiger partial charge in [-0.05, 0) is 12.0 Å². The van der Waals surface area contributed by atoms with Crippen molar-refractivity contribution in [3.8, 4) is 0 Å². The van der Waals surface area contributed by atoms with Crippen LogP contribution in [0.4, 0.5) is 0 Å². The Hall–Kier alpha value is -2.68. The van der Waals surface area contributed by atoms with E-state index in [1.165, 1.54) is 0 Å². The van der Waals surface area contributed by atoms with E-state index in [0.29, 0.717) is 12.0 Å². The number of amides is 1. The van der Waals surface area contributed by atoms with Gasteiger partial charge < -0.3 is 4.90 Å². The third-order valence-corrected chi connectivity index (χ3v) is 4.51. The molecule has 3 nitrogen and oxygen atoms in total. The van der Waals surface area contributed by atoms with Crippen molar-refractivity contribution < 1.29 is 9.59 Å². The van der Waals surface area contributed by atoms with Gasteiger partial charge in [-0.15, -0.1) is 0 Å². The zero-order valence-electron chi connectivity index (χ0n) is 14.0. The molecule has 0 aromatic heterocycles. The number of hydrogen-bond acceptors (Lipinski definition) is 2. The molecule has 0 bridgehead atoms. The second-order valence-corrected chi connectivity index (χ2v) is 6.37. The number of benzene rings is 2. The Morgan fingerprint density at radius 3 is 2.08 bits per heavy atom. The quantitative estimate of drug-likeness (QED) is 0.806. The van der Waals surface area contributed by atoms with Crippen LogP contribution in [0.2, 0.25) is 0 Å². The molecule has 3 rings (SSSR count). The van der Waals surface area contributed by atoms with Crippen LogP contribution in [-0.4, -0.2) is 30.7 Å². The van der Waals surface area contributed by atoms with Crippen molar-refractivity contribution in [1.82, 2.24) is 4.90 Å². The van der Waals surface area contributed by atoms with Gasteiger partial charge in [0, 0.05) is 37.1 Å². The van der Waals surface area contributed by atoms with E-state index in [2.05, 4.69) is 0 Å². The summed E-state index contributed by atoms with van der Waals surface area (Å²) in [6.45, 7) is 0. The van der Waals surface area contributed by atoms with Crippen molar-refractivity contribution in [2.75, 3.05) is 14.1 Å². The second-order valence-electron chi connectivity index (χ2n) is 6.37. The third kappa shape index (κ3) is 3.16. The number of Topliss-reactive ketones (excluding diaryl/α,β-unsaturated/α-hetero) is 1. The molecule has 2 aromatic rings. The summed E-state index contributed by atoms with van der Waals surface area (Å²) >= 11 is 0. The first kappa shape index (κ1) is 16.2. The minimum atomic E-state index is -0.228. The number of nitrogens with zero attached hydrogens (tertiary/aromatic N) is 1. The standard InChI is InChI=1S/C21H21NO2/c1-22(2)21(24)17-13-18(15-9-5-3-6-10-15)19(14-17)20(23)16-11-7-4-8-12-16/h3-13,18-19H,14H2,1-2H3/t18-,19+/m1/s1. The van der Waals surface area contributed by atoms with Crippen LogP contribution in [0.3, 0.4) is 0 Å². The van der Waals surface area contributed by atoms with Crippen LogP contribution < -0.4 is 0 Å². The number of rotatable bonds is 4. The fraction of sp³-hybridized carbons (Fsp3) is 0.238. The summed E-state index contributed by atoms with van der Waals surface area (Å²) in [7, 11) is 3.49. The molecule has 0 aliphatic heterocycles. The predicted molar refractivity (Wildman–Crippen MR) is 94.8 cm³/mol. The molecule has 0 unspecified atom stereocenters. The number of carbonyl (C=O) groups excluding carboxylic acids is 2. The van der Waals surface area contributed by atoms with Gasteiger partial charge in [-0.2, -0.15) is 0 Å². The van der Waals surface area contributed by atoms with Gasteiger partial charge in [0.25, 0.3) is 0 Å². The maximum absolute atomic E-state index is 13.0. The molecule has 1 aliphatic carbocycles. The fourth-order valence-electron chi connectivity index (χ4n) is 3.29. The molecule has 2 atom stereocenters. The van der Waals surface area contributed by atoms with E-state index >= 15 is 0 Å². The van der Waals surface area contributed by atoms with Crippen LogP contribution in [0.15, 0.2) is 72.3 Å². The van der Waals surface area contributed by atoms with E-state index in [0.717, 1.165) is 11.1 Å². The van der Waals surface area contributed by atoms with Gasteiger partial charge >= 0.3 is 0 Å². The Bertz CT molecular complexity index is 763. The zero-order valence-corrected chi connectivity index (χ0v) is 14.0. The number of likely N-dealkylation sites (N-methyl/N-ethyl adjacent to an activating group) is 1. The van der Waals surface area contributed by atoms with Gasteiger partial charge in [0.2, 0.25) is 5.91 Å². The highest BCUT2D eigenvalue weighted by atomic mass is 16.2. The largest absolute Gasteiger partial charge is 0.345 e. The first-order valence-electron chi connectivity index (χ1n) is 8.14. The van der Waals surface area contributed by atoms with Gasteiger partial charge in [-0.25, -0.2) is 0 Å². The molecular formula is C21H21NO2. The normalized spacial score (nSPS) is 19.7. The molecule has 24 heavy (non-hydrogen) atoms. The van der Waals surface area contributed by atoms with Crippen LogP contribution in [0, 0.1) is 5.92 Å². The molecule has 0 saturated carbocycles. The number of allylic oxidation sites excluding steroid dienone is 1. The van der Waals surface area contributed by atoms with Crippen LogP contribution in [0.25, 0.3) is 0 Å². The van der Waals surface area contributed by atoms with Crippen molar-refractivity contribution in [2.24, 2.45) is 5.92 Å². The van der Waals surface area contributed by atoms with Gasteiger partial charge in [-0.3, -0.25) is 9.59 Å². The number of hydrogen-bond donors (Lipinski definition) is 0. The summed E-state index contributed by atoms with van der Waals surface area (Å²) in [6, 6.07) is 19.3. The van der Waals surface area contributed by atoms with Crippen molar-refractivity contribution in [2.45, 2.75) is 12.3 Å². The smallest absolute Gasteiger partial charge is 0.248 e. The first-order chi connectivity index (χ1) is 11.6. The van der Waals surface area contributed by atoms with Gasteiger partial charge in [0.1, 0.15) is 0 Å². The van der Waals surface area contributed by atoms with E-state index in [4.69, 9.17) is 0 Å².